The number of rotatable bonds is 7. The predicted octanol–water partition coefficient (Wildman–Crippen LogP) is 1.19. The Morgan fingerprint density at radius 1 is 1.33 bits per heavy atom. The van der Waals surface area contributed by atoms with E-state index >= 15 is 0 Å². The van der Waals surface area contributed by atoms with Crippen molar-refractivity contribution >= 4 is 34.0 Å². The van der Waals surface area contributed by atoms with Crippen LogP contribution in [0.3, 0.4) is 0 Å². The van der Waals surface area contributed by atoms with E-state index in [0.29, 0.717) is 18.7 Å². The largest absolute Gasteiger partial charge is 0.352 e. The van der Waals surface area contributed by atoms with Crippen LogP contribution in [-0.2, 0) is 10.0 Å². The summed E-state index contributed by atoms with van der Waals surface area (Å²) >= 11 is 0. The zero-order valence-electron chi connectivity index (χ0n) is 12.1. The van der Waals surface area contributed by atoms with Gasteiger partial charge < -0.3 is 11.1 Å². The van der Waals surface area contributed by atoms with Crippen molar-refractivity contribution in [1.82, 2.24) is 5.32 Å². The molecule has 0 aliphatic rings. The van der Waals surface area contributed by atoms with Crippen LogP contribution >= 0.6 is 12.4 Å². The fourth-order valence-electron chi connectivity index (χ4n) is 1.46. The van der Waals surface area contributed by atoms with Crippen molar-refractivity contribution in [2.45, 2.75) is 13.8 Å². The van der Waals surface area contributed by atoms with Gasteiger partial charge in [-0.05, 0) is 31.5 Å². The van der Waals surface area contributed by atoms with Crippen molar-refractivity contribution in [2.24, 2.45) is 11.7 Å². The van der Waals surface area contributed by atoms with Crippen molar-refractivity contribution in [2.75, 3.05) is 23.6 Å². The Labute approximate surface area is 132 Å². The minimum Gasteiger partial charge on any atom is -0.352 e. The lowest BCUT2D eigenvalue weighted by Gasteiger charge is -2.13. The molecule has 4 N–H and O–H groups in total. The van der Waals surface area contributed by atoms with E-state index < -0.39 is 10.0 Å². The lowest BCUT2D eigenvalue weighted by molar-refractivity contribution is 0.0949. The first-order valence-electron chi connectivity index (χ1n) is 6.47. The number of nitrogens with two attached hydrogens (primary N) is 1. The molecule has 0 aliphatic heterocycles. The van der Waals surface area contributed by atoms with Crippen LogP contribution in [0.4, 0.5) is 5.69 Å². The van der Waals surface area contributed by atoms with E-state index in [4.69, 9.17) is 5.73 Å². The van der Waals surface area contributed by atoms with Crippen molar-refractivity contribution in [3.8, 4) is 0 Å². The van der Waals surface area contributed by atoms with Crippen LogP contribution < -0.4 is 15.8 Å². The summed E-state index contributed by atoms with van der Waals surface area (Å²) in [5.41, 5.74) is 6.07. The summed E-state index contributed by atoms with van der Waals surface area (Å²) in [5.74, 6) is -0.203. The molecule has 0 fully saturated rings. The fourth-order valence-corrected chi connectivity index (χ4v) is 2.11. The molecule has 8 heteroatoms. The van der Waals surface area contributed by atoms with E-state index in [-0.39, 0.29) is 35.7 Å². The Bertz CT molecular complexity index is 564. The van der Waals surface area contributed by atoms with Crippen LogP contribution in [0.5, 0.6) is 0 Å². The molecular weight excluding hydrogens is 314 g/mol. The van der Waals surface area contributed by atoms with Crippen molar-refractivity contribution < 1.29 is 13.2 Å². The number of carbonyl (C=O) groups is 1. The zero-order chi connectivity index (χ0) is 15.2. The molecule has 1 rings (SSSR count). The Kier molecular flexibility index (Phi) is 8.31. The number of amides is 1. The number of carbonyl (C=O) groups excluding carboxylic acids is 1. The fraction of sp³-hybridized carbons (Fsp3) is 0.462. The number of halogens is 1. The molecule has 1 amide bonds. The average Bonchev–Trinajstić information content (AvgIpc) is 2.44. The standard InChI is InChI=1S/C13H21N3O3S.ClH/c1-3-20(18,19)16-12-7-5-4-6-11(12)13(17)15-9-10(2)8-14;/h4-7,10,16H,3,8-9,14H2,1-2H3,(H,15,17);1H. The maximum atomic E-state index is 12.1. The van der Waals surface area contributed by atoms with Crippen LogP contribution in [-0.4, -0.2) is 33.2 Å². The number of nitrogens with one attached hydrogen (secondary N) is 2. The van der Waals surface area contributed by atoms with Gasteiger partial charge >= 0.3 is 0 Å². The van der Waals surface area contributed by atoms with Crippen molar-refractivity contribution in [3.63, 3.8) is 0 Å². The van der Waals surface area contributed by atoms with Gasteiger partial charge in [0.2, 0.25) is 10.0 Å². The first kappa shape index (κ1) is 19.7. The van der Waals surface area contributed by atoms with Gasteiger partial charge in [-0.3, -0.25) is 9.52 Å². The summed E-state index contributed by atoms with van der Waals surface area (Å²) in [7, 11) is -3.41. The van der Waals surface area contributed by atoms with Crippen molar-refractivity contribution in [3.05, 3.63) is 29.8 Å². The third-order valence-electron chi connectivity index (χ3n) is 2.83. The van der Waals surface area contributed by atoms with E-state index in [0.717, 1.165) is 0 Å². The molecule has 0 aromatic heterocycles. The van der Waals surface area contributed by atoms with E-state index in [2.05, 4.69) is 10.0 Å². The summed E-state index contributed by atoms with van der Waals surface area (Å²) in [6, 6.07) is 6.50. The number of sulfonamides is 1. The zero-order valence-corrected chi connectivity index (χ0v) is 13.8. The Balaban J connectivity index is 0.00000400. The second kappa shape index (κ2) is 8.86. The minimum atomic E-state index is -3.41. The quantitative estimate of drug-likeness (QED) is 0.696. The molecule has 0 bridgehead atoms. The average molecular weight is 336 g/mol. The van der Waals surface area contributed by atoms with Crippen molar-refractivity contribution in [1.29, 1.82) is 0 Å². The topological polar surface area (TPSA) is 101 Å². The summed E-state index contributed by atoms with van der Waals surface area (Å²) in [6.07, 6.45) is 0. The minimum absolute atomic E-state index is 0. The SMILES string of the molecule is CCS(=O)(=O)Nc1ccccc1C(=O)NCC(C)CN.Cl. The van der Waals surface area contributed by atoms with E-state index in [1.807, 2.05) is 6.92 Å². The van der Waals surface area contributed by atoms with Gasteiger partial charge in [0.05, 0.1) is 17.0 Å². The van der Waals surface area contributed by atoms with Gasteiger partial charge in [0.1, 0.15) is 0 Å². The Hall–Kier alpha value is -1.31. The number of para-hydroxylation sites is 1. The number of hydrogen-bond donors (Lipinski definition) is 3. The summed E-state index contributed by atoms with van der Waals surface area (Å²) < 4.78 is 25.6. The van der Waals surface area contributed by atoms with Crippen LogP contribution in [0.2, 0.25) is 0 Å². The number of hydrogen-bond acceptors (Lipinski definition) is 4. The van der Waals surface area contributed by atoms with Crippen LogP contribution in [0, 0.1) is 5.92 Å². The molecule has 0 saturated heterocycles. The molecule has 0 aliphatic carbocycles. The molecule has 120 valence electrons. The van der Waals surface area contributed by atoms with Crippen LogP contribution in [0.15, 0.2) is 24.3 Å². The van der Waals surface area contributed by atoms with E-state index in [1.165, 1.54) is 6.92 Å². The molecule has 21 heavy (non-hydrogen) atoms. The molecular formula is C13H22ClN3O3S. The van der Waals surface area contributed by atoms with Crippen LogP contribution in [0.25, 0.3) is 0 Å². The smallest absolute Gasteiger partial charge is 0.253 e. The molecule has 1 aromatic carbocycles. The highest BCUT2D eigenvalue weighted by atomic mass is 35.5. The van der Waals surface area contributed by atoms with E-state index in [9.17, 15) is 13.2 Å². The molecule has 0 spiro atoms. The van der Waals surface area contributed by atoms with Crippen LogP contribution in [0.1, 0.15) is 24.2 Å². The summed E-state index contributed by atoms with van der Waals surface area (Å²) in [4.78, 5) is 12.1. The van der Waals surface area contributed by atoms with Gasteiger partial charge in [0, 0.05) is 6.54 Å². The first-order chi connectivity index (χ1) is 9.39. The molecule has 1 aromatic rings. The van der Waals surface area contributed by atoms with Gasteiger partial charge in [-0.2, -0.15) is 0 Å². The summed E-state index contributed by atoms with van der Waals surface area (Å²) in [6.45, 7) is 4.38. The van der Waals surface area contributed by atoms with Gasteiger partial charge in [0.15, 0.2) is 0 Å². The van der Waals surface area contributed by atoms with E-state index in [1.54, 1.807) is 24.3 Å². The predicted molar refractivity (Wildman–Crippen MR) is 87.3 cm³/mol. The van der Waals surface area contributed by atoms with Gasteiger partial charge in [-0.15, -0.1) is 12.4 Å². The lowest BCUT2D eigenvalue weighted by Crippen LogP contribution is -2.32. The van der Waals surface area contributed by atoms with Gasteiger partial charge in [0.25, 0.3) is 5.91 Å². The second-order valence-electron chi connectivity index (χ2n) is 4.60. The molecule has 6 nitrogen and oxygen atoms in total. The molecule has 1 unspecified atom stereocenters. The lowest BCUT2D eigenvalue weighted by atomic mass is 10.1. The third-order valence-corrected chi connectivity index (χ3v) is 4.12. The normalized spacial score (nSPS) is 12.1. The monoisotopic (exact) mass is 335 g/mol. The maximum Gasteiger partial charge on any atom is 0.253 e. The molecule has 0 radical (unpaired) electrons. The van der Waals surface area contributed by atoms with Gasteiger partial charge in [-0.25, -0.2) is 8.42 Å². The highest BCUT2D eigenvalue weighted by Crippen LogP contribution is 2.16. The number of anilines is 1. The second-order valence-corrected chi connectivity index (χ2v) is 6.61. The maximum absolute atomic E-state index is 12.1. The number of benzene rings is 1. The Morgan fingerprint density at radius 2 is 1.95 bits per heavy atom. The molecule has 0 saturated carbocycles. The highest BCUT2D eigenvalue weighted by molar-refractivity contribution is 7.92. The molecule has 1 atom stereocenters. The van der Waals surface area contributed by atoms with Gasteiger partial charge in [-0.1, -0.05) is 19.1 Å². The Morgan fingerprint density at radius 3 is 2.52 bits per heavy atom. The first-order valence-corrected chi connectivity index (χ1v) is 8.12. The highest BCUT2D eigenvalue weighted by Gasteiger charge is 2.15. The summed E-state index contributed by atoms with van der Waals surface area (Å²) in [5, 5.41) is 2.74. The molecule has 0 heterocycles. The third kappa shape index (κ3) is 6.33.